The second-order valence-corrected chi connectivity index (χ2v) is 15.1. The highest BCUT2D eigenvalue weighted by molar-refractivity contribution is 6.01. The number of fused-ring (bicyclic) bond motifs is 5. The summed E-state index contributed by atoms with van der Waals surface area (Å²) in [6.45, 7) is 5.08. The number of hydrogen-bond donors (Lipinski definition) is 0. The number of hydrogen-bond acceptors (Lipinski definition) is 0. The molecule has 10 rings (SSSR count). The molecular weight excluding hydrogens is 625 g/mol. The second kappa shape index (κ2) is 11.8. The molecule has 0 spiro atoms. The summed E-state index contributed by atoms with van der Waals surface area (Å²) < 4.78 is 0. The average molecular weight is 665 g/mol. The Bertz CT molecular complexity index is 2530. The highest BCUT2D eigenvalue weighted by Gasteiger charge is 2.56. The topological polar surface area (TPSA) is 0 Å². The van der Waals surface area contributed by atoms with Crippen LogP contribution in [0.5, 0.6) is 0 Å². The van der Waals surface area contributed by atoms with Gasteiger partial charge in [0.05, 0.1) is 0 Å². The van der Waals surface area contributed by atoms with Gasteiger partial charge < -0.3 is 0 Å². The van der Waals surface area contributed by atoms with Crippen molar-refractivity contribution in [3.63, 3.8) is 0 Å². The third-order valence-electron chi connectivity index (χ3n) is 12.6. The Hall–Kier alpha value is -5.98. The van der Waals surface area contributed by atoms with Gasteiger partial charge in [-0.05, 0) is 101 Å². The molecule has 2 aliphatic carbocycles. The molecule has 0 nitrogen and oxygen atoms in total. The predicted octanol–water partition coefficient (Wildman–Crippen LogP) is 13.5. The maximum Gasteiger partial charge on any atom is 0.0253 e. The first kappa shape index (κ1) is 30.8. The van der Waals surface area contributed by atoms with E-state index in [1.54, 1.807) is 0 Å². The molecule has 0 heterocycles. The fraction of sp³-hybridized carbons (Fsp3) is 0.115. The van der Waals surface area contributed by atoms with E-state index in [1.165, 1.54) is 76.8 Å². The van der Waals surface area contributed by atoms with Crippen molar-refractivity contribution < 1.29 is 0 Å². The standard InChI is InChI=1S/C52H40/c1-51(45-31-29-35-17-11-13-25-41(35)49(45)37-19-5-3-6-20-37)43-27-15-16-28-44(43)52(2,48-34-40-24-10-9-23-39(40)33-47(48)51)46-32-30-36-18-12-14-26-42(36)50(46)38-21-7-4-8-22-38/h3-34,43-44H,1-2H3. The fourth-order valence-corrected chi connectivity index (χ4v) is 10.1. The smallest absolute Gasteiger partial charge is 0.0253 e. The monoisotopic (exact) mass is 664 g/mol. The van der Waals surface area contributed by atoms with E-state index in [9.17, 15) is 0 Å². The van der Waals surface area contributed by atoms with E-state index in [1.807, 2.05) is 0 Å². The molecule has 8 aromatic rings. The third-order valence-corrected chi connectivity index (χ3v) is 12.6. The van der Waals surface area contributed by atoms with E-state index in [4.69, 9.17) is 0 Å². The summed E-state index contributed by atoms with van der Waals surface area (Å²) in [6.07, 6.45) is 9.64. The molecule has 0 aliphatic heterocycles. The first-order valence-corrected chi connectivity index (χ1v) is 18.6. The summed E-state index contributed by atoms with van der Waals surface area (Å²) in [7, 11) is 0. The van der Waals surface area contributed by atoms with Gasteiger partial charge in [-0.3, -0.25) is 0 Å². The van der Waals surface area contributed by atoms with E-state index >= 15 is 0 Å². The summed E-state index contributed by atoms with van der Waals surface area (Å²) >= 11 is 0. The van der Waals surface area contributed by atoms with E-state index in [0.717, 1.165) is 0 Å². The normalized spacial score (nSPS) is 22.0. The minimum absolute atomic E-state index is 0.190. The van der Waals surface area contributed by atoms with Gasteiger partial charge in [-0.25, -0.2) is 0 Å². The molecule has 0 aromatic heterocycles. The first-order valence-electron chi connectivity index (χ1n) is 18.6. The number of benzene rings is 8. The van der Waals surface area contributed by atoms with Crippen molar-refractivity contribution in [1.82, 2.24) is 0 Å². The largest absolute Gasteiger partial charge is 0.0796 e. The molecule has 0 bridgehead atoms. The van der Waals surface area contributed by atoms with Crippen molar-refractivity contribution in [2.75, 3.05) is 0 Å². The first-order chi connectivity index (χ1) is 25.6. The molecule has 4 unspecified atom stereocenters. The van der Waals surface area contributed by atoms with Crippen LogP contribution in [0.15, 0.2) is 194 Å². The van der Waals surface area contributed by atoms with Gasteiger partial charge in [0.15, 0.2) is 0 Å². The van der Waals surface area contributed by atoms with Crippen molar-refractivity contribution in [1.29, 1.82) is 0 Å². The Morgan fingerprint density at radius 2 is 0.712 bits per heavy atom. The molecule has 0 fully saturated rings. The van der Waals surface area contributed by atoms with Crippen LogP contribution in [0, 0.1) is 11.8 Å². The van der Waals surface area contributed by atoms with E-state index in [2.05, 4.69) is 208 Å². The van der Waals surface area contributed by atoms with Crippen LogP contribution in [0.25, 0.3) is 54.6 Å². The zero-order valence-electron chi connectivity index (χ0n) is 29.6. The zero-order valence-corrected chi connectivity index (χ0v) is 29.6. The minimum atomic E-state index is -0.343. The van der Waals surface area contributed by atoms with Gasteiger partial charge in [-0.1, -0.05) is 196 Å². The van der Waals surface area contributed by atoms with Crippen LogP contribution in [0.3, 0.4) is 0 Å². The van der Waals surface area contributed by atoms with Crippen LogP contribution in [0.1, 0.15) is 36.1 Å². The van der Waals surface area contributed by atoms with Crippen LogP contribution in [-0.4, -0.2) is 0 Å². The lowest BCUT2D eigenvalue weighted by Gasteiger charge is -2.56. The maximum atomic E-state index is 2.54. The molecule has 0 heteroatoms. The fourth-order valence-electron chi connectivity index (χ4n) is 10.1. The van der Waals surface area contributed by atoms with Crippen molar-refractivity contribution in [2.45, 2.75) is 24.7 Å². The van der Waals surface area contributed by atoms with Gasteiger partial charge in [0.2, 0.25) is 0 Å². The van der Waals surface area contributed by atoms with Gasteiger partial charge in [0, 0.05) is 10.8 Å². The highest BCUT2D eigenvalue weighted by atomic mass is 14.6. The summed E-state index contributed by atoms with van der Waals surface area (Å²) in [5, 5.41) is 7.71. The Kier molecular flexibility index (Phi) is 6.99. The lowest BCUT2D eigenvalue weighted by atomic mass is 9.46. The van der Waals surface area contributed by atoms with E-state index in [-0.39, 0.29) is 22.7 Å². The quantitative estimate of drug-likeness (QED) is 0.176. The molecule has 248 valence electrons. The van der Waals surface area contributed by atoms with Crippen molar-refractivity contribution >= 4 is 32.3 Å². The minimum Gasteiger partial charge on any atom is -0.0796 e. The molecule has 0 radical (unpaired) electrons. The molecule has 4 atom stereocenters. The van der Waals surface area contributed by atoms with Crippen molar-refractivity contribution in [2.24, 2.45) is 11.8 Å². The SMILES string of the molecule is CC1(c2ccc3ccccc3c2-c2ccccc2)c2cc3ccccc3cc2C(C)(c2ccc3ccccc3c2-c2ccccc2)C2C=CC=CC21. The molecule has 8 aromatic carbocycles. The molecule has 0 saturated heterocycles. The summed E-state index contributed by atoms with van der Waals surface area (Å²) in [5.41, 5.74) is 10.1. The van der Waals surface area contributed by atoms with Crippen molar-refractivity contribution in [3.05, 3.63) is 216 Å². The zero-order chi connectivity index (χ0) is 34.9. The van der Waals surface area contributed by atoms with E-state index in [0.29, 0.717) is 0 Å². The molecule has 0 saturated carbocycles. The van der Waals surface area contributed by atoms with Gasteiger partial charge in [0.25, 0.3) is 0 Å². The second-order valence-electron chi connectivity index (χ2n) is 15.1. The maximum absolute atomic E-state index is 2.54. The average Bonchev–Trinajstić information content (AvgIpc) is 3.22. The third kappa shape index (κ3) is 4.40. The summed E-state index contributed by atoms with van der Waals surface area (Å²) in [4.78, 5) is 0. The van der Waals surface area contributed by atoms with Crippen LogP contribution < -0.4 is 0 Å². The summed E-state index contributed by atoms with van der Waals surface area (Å²) in [6, 6.07) is 63.6. The molecule has 0 amide bonds. The van der Waals surface area contributed by atoms with Crippen LogP contribution in [-0.2, 0) is 10.8 Å². The predicted molar refractivity (Wildman–Crippen MR) is 221 cm³/mol. The van der Waals surface area contributed by atoms with E-state index < -0.39 is 0 Å². The molecular formula is C52H40. The van der Waals surface area contributed by atoms with Crippen LogP contribution in [0.2, 0.25) is 0 Å². The Morgan fingerprint density at radius 3 is 1.13 bits per heavy atom. The van der Waals surface area contributed by atoms with Gasteiger partial charge in [-0.2, -0.15) is 0 Å². The number of allylic oxidation sites excluding steroid dienone is 4. The van der Waals surface area contributed by atoms with Crippen LogP contribution in [0.4, 0.5) is 0 Å². The Labute approximate surface area is 306 Å². The van der Waals surface area contributed by atoms with Crippen LogP contribution >= 0.6 is 0 Å². The van der Waals surface area contributed by atoms with Gasteiger partial charge in [0.1, 0.15) is 0 Å². The number of rotatable bonds is 4. The lowest BCUT2D eigenvalue weighted by molar-refractivity contribution is 0.220. The Morgan fingerprint density at radius 1 is 0.346 bits per heavy atom. The lowest BCUT2D eigenvalue weighted by Crippen LogP contribution is -2.52. The molecule has 2 aliphatic rings. The highest BCUT2D eigenvalue weighted by Crippen LogP contribution is 2.62. The Balaban J connectivity index is 1.35. The molecule has 0 N–H and O–H groups in total. The summed E-state index contributed by atoms with van der Waals surface area (Å²) in [5.74, 6) is 0.379. The van der Waals surface area contributed by atoms with Gasteiger partial charge >= 0.3 is 0 Å². The van der Waals surface area contributed by atoms with Gasteiger partial charge in [-0.15, -0.1) is 0 Å². The van der Waals surface area contributed by atoms with Crippen molar-refractivity contribution in [3.8, 4) is 22.3 Å². The molecule has 52 heavy (non-hydrogen) atoms.